The second kappa shape index (κ2) is 8.31. The summed E-state index contributed by atoms with van der Waals surface area (Å²) >= 11 is 0. The van der Waals surface area contributed by atoms with Crippen LogP contribution in [0.5, 0.6) is 11.5 Å². The van der Waals surface area contributed by atoms with Gasteiger partial charge in [-0.1, -0.05) is 47.5 Å². The van der Waals surface area contributed by atoms with Crippen LogP contribution in [0.2, 0.25) is 0 Å². The monoisotopic (exact) mass is 417 g/mol. The summed E-state index contributed by atoms with van der Waals surface area (Å²) in [6, 6.07) is 19.2. The summed E-state index contributed by atoms with van der Waals surface area (Å²) in [5.74, 6) is -1.13. The molecule has 0 radical (unpaired) electrons. The summed E-state index contributed by atoms with van der Waals surface area (Å²) in [7, 11) is 1.58. The zero-order valence-electron chi connectivity index (χ0n) is 17.0. The lowest BCUT2D eigenvalue weighted by atomic mass is 9.98. The van der Waals surface area contributed by atoms with Crippen molar-refractivity contribution in [3.05, 3.63) is 83.4 Å². The smallest absolute Gasteiger partial charge is 0.370 e. The summed E-state index contributed by atoms with van der Waals surface area (Å²) in [5, 5.41) is 0.465. The van der Waals surface area contributed by atoms with Crippen LogP contribution in [0, 0.1) is 6.92 Å². The van der Waals surface area contributed by atoms with E-state index in [0.29, 0.717) is 16.6 Å². The highest BCUT2D eigenvalue weighted by atomic mass is 16.7. The predicted molar refractivity (Wildman–Crippen MR) is 112 cm³/mol. The standard InChI is InChI=1S/C24H19NO6/c1-15-8-7-13-20(29-2)22(15)18-11-5-6-12-19(18)30-14-21(26)31-25-23(27)16-9-3-4-10-17(16)24(25)28/h3-13H,14H2,1-2H3. The number of ether oxygens (including phenoxy) is 2. The largest absolute Gasteiger partial charge is 0.496 e. The minimum absolute atomic E-state index is 0.193. The van der Waals surface area contributed by atoms with Crippen molar-refractivity contribution in [3.8, 4) is 22.6 Å². The third-order valence-electron chi connectivity index (χ3n) is 4.91. The Bertz CT molecular complexity index is 1150. The fraction of sp³-hybridized carbons (Fsp3) is 0.125. The van der Waals surface area contributed by atoms with E-state index in [1.54, 1.807) is 31.4 Å². The molecular weight excluding hydrogens is 398 g/mol. The lowest BCUT2D eigenvalue weighted by Crippen LogP contribution is -2.34. The Morgan fingerprint density at radius 1 is 0.806 bits per heavy atom. The number of imide groups is 1. The topological polar surface area (TPSA) is 82.1 Å². The first-order valence-electron chi connectivity index (χ1n) is 9.55. The number of carbonyl (C=O) groups excluding carboxylic acids is 3. The van der Waals surface area contributed by atoms with Crippen molar-refractivity contribution in [2.45, 2.75) is 6.92 Å². The maximum atomic E-state index is 12.3. The number of fused-ring (bicyclic) bond motifs is 1. The van der Waals surface area contributed by atoms with E-state index in [1.807, 2.05) is 37.3 Å². The molecular formula is C24H19NO6. The molecule has 0 fully saturated rings. The number of hydrogen-bond acceptors (Lipinski definition) is 6. The summed E-state index contributed by atoms with van der Waals surface area (Å²) in [6.45, 7) is 1.46. The van der Waals surface area contributed by atoms with E-state index < -0.39 is 24.4 Å². The zero-order chi connectivity index (χ0) is 22.0. The molecule has 1 aliphatic heterocycles. The molecule has 0 N–H and O–H groups in total. The SMILES string of the molecule is COc1cccc(C)c1-c1ccccc1OCC(=O)ON1C(=O)c2ccccc2C1=O. The van der Waals surface area contributed by atoms with Crippen LogP contribution >= 0.6 is 0 Å². The third kappa shape index (κ3) is 3.73. The molecule has 0 aromatic heterocycles. The van der Waals surface area contributed by atoms with Gasteiger partial charge in [0.1, 0.15) is 11.5 Å². The summed E-state index contributed by atoms with van der Waals surface area (Å²) in [4.78, 5) is 42.0. The van der Waals surface area contributed by atoms with E-state index in [1.165, 1.54) is 12.1 Å². The van der Waals surface area contributed by atoms with E-state index in [4.69, 9.17) is 14.3 Å². The fourth-order valence-corrected chi connectivity index (χ4v) is 3.47. The van der Waals surface area contributed by atoms with Crippen LogP contribution < -0.4 is 9.47 Å². The molecule has 0 aliphatic carbocycles. The number of hydroxylamine groups is 2. The number of benzene rings is 3. The first kappa shape index (κ1) is 20.2. The number of carbonyl (C=O) groups is 3. The third-order valence-corrected chi connectivity index (χ3v) is 4.91. The molecule has 0 atom stereocenters. The van der Waals surface area contributed by atoms with Crippen molar-refractivity contribution >= 4 is 17.8 Å². The van der Waals surface area contributed by atoms with Crippen molar-refractivity contribution in [1.82, 2.24) is 5.06 Å². The first-order valence-corrected chi connectivity index (χ1v) is 9.55. The number of methoxy groups -OCH3 is 1. The molecule has 0 saturated carbocycles. The molecule has 7 heteroatoms. The Hall–Kier alpha value is -4.13. The molecule has 0 unspecified atom stereocenters. The van der Waals surface area contributed by atoms with Gasteiger partial charge in [-0.15, -0.1) is 0 Å². The molecule has 156 valence electrons. The van der Waals surface area contributed by atoms with Crippen molar-refractivity contribution in [1.29, 1.82) is 0 Å². The molecule has 3 aromatic rings. The average molecular weight is 417 g/mol. The highest BCUT2D eigenvalue weighted by Gasteiger charge is 2.38. The second-order valence-electron chi connectivity index (χ2n) is 6.85. The predicted octanol–water partition coefficient (Wildman–Crippen LogP) is 3.80. The van der Waals surface area contributed by atoms with Gasteiger partial charge >= 0.3 is 5.97 Å². The molecule has 4 rings (SSSR count). The van der Waals surface area contributed by atoms with Crippen LogP contribution in [0.25, 0.3) is 11.1 Å². The van der Waals surface area contributed by atoms with Crippen LogP contribution in [0.1, 0.15) is 26.3 Å². The lowest BCUT2D eigenvalue weighted by Gasteiger charge is -2.16. The van der Waals surface area contributed by atoms with Gasteiger partial charge in [-0.05, 0) is 36.8 Å². The highest BCUT2D eigenvalue weighted by Crippen LogP contribution is 2.38. The van der Waals surface area contributed by atoms with Crippen LogP contribution in [0.15, 0.2) is 66.7 Å². The molecule has 0 bridgehead atoms. The van der Waals surface area contributed by atoms with Gasteiger partial charge in [0.15, 0.2) is 6.61 Å². The second-order valence-corrected chi connectivity index (χ2v) is 6.85. The molecule has 0 saturated heterocycles. The Balaban J connectivity index is 1.50. The number of para-hydroxylation sites is 1. The average Bonchev–Trinajstić information content (AvgIpc) is 3.03. The van der Waals surface area contributed by atoms with Gasteiger partial charge in [-0.25, -0.2) is 4.79 Å². The molecule has 1 aliphatic rings. The van der Waals surface area contributed by atoms with Gasteiger partial charge in [-0.3, -0.25) is 9.59 Å². The number of amides is 2. The van der Waals surface area contributed by atoms with Crippen LogP contribution in [0.3, 0.4) is 0 Å². The summed E-state index contributed by atoms with van der Waals surface area (Å²) < 4.78 is 11.2. The zero-order valence-corrected chi connectivity index (χ0v) is 17.0. The van der Waals surface area contributed by atoms with Gasteiger partial charge in [0, 0.05) is 11.1 Å². The minimum Gasteiger partial charge on any atom is -0.496 e. The number of hydrogen-bond donors (Lipinski definition) is 0. The van der Waals surface area contributed by atoms with Gasteiger partial charge < -0.3 is 14.3 Å². The summed E-state index contributed by atoms with van der Waals surface area (Å²) in [6.07, 6.45) is 0. The van der Waals surface area contributed by atoms with Crippen LogP contribution in [-0.2, 0) is 9.63 Å². The van der Waals surface area contributed by atoms with Gasteiger partial charge in [0.25, 0.3) is 11.8 Å². The number of rotatable bonds is 6. The minimum atomic E-state index is -0.874. The summed E-state index contributed by atoms with van der Waals surface area (Å²) in [5.41, 5.74) is 2.95. The normalized spacial score (nSPS) is 12.5. The van der Waals surface area contributed by atoms with E-state index in [0.717, 1.165) is 16.7 Å². The Morgan fingerprint density at radius 3 is 2.03 bits per heavy atom. The van der Waals surface area contributed by atoms with Crippen molar-refractivity contribution in [2.24, 2.45) is 0 Å². The Labute approximate surface area is 178 Å². The molecule has 1 heterocycles. The molecule has 0 spiro atoms. The number of aryl methyl sites for hydroxylation is 1. The Morgan fingerprint density at radius 2 is 1.39 bits per heavy atom. The number of nitrogens with zero attached hydrogens (tertiary/aromatic N) is 1. The van der Waals surface area contributed by atoms with E-state index in [2.05, 4.69) is 0 Å². The highest BCUT2D eigenvalue weighted by molar-refractivity contribution is 6.20. The van der Waals surface area contributed by atoms with Gasteiger partial charge in [0.2, 0.25) is 0 Å². The molecule has 3 aromatic carbocycles. The van der Waals surface area contributed by atoms with E-state index >= 15 is 0 Å². The van der Waals surface area contributed by atoms with Crippen LogP contribution in [-0.4, -0.2) is 36.6 Å². The molecule has 2 amide bonds. The van der Waals surface area contributed by atoms with Crippen molar-refractivity contribution in [2.75, 3.05) is 13.7 Å². The van der Waals surface area contributed by atoms with E-state index in [-0.39, 0.29) is 11.1 Å². The van der Waals surface area contributed by atoms with Crippen molar-refractivity contribution < 1.29 is 28.7 Å². The van der Waals surface area contributed by atoms with Crippen LogP contribution in [0.4, 0.5) is 0 Å². The molecule has 31 heavy (non-hydrogen) atoms. The van der Waals surface area contributed by atoms with Crippen molar-refractivity contribution in [3.63, 3.8) is 0 Å². The van der Waals surface area contributed by atoms with E-state index in [9.17, 15) is 14.4 Å². The molecule has 7 nitrogen and oxygen atoms in total. The first-order chi connectivity index (χ1) is 15.0. The van der Waals surface area contributed by atoms with Gasteiger partial charge in [0.05, 0.1) is 18.2 Å². The fourth-order valence-electron chi connectivity index (χ4n) is 3.47. The quantitative estimate of drug-likeness (QED) is 0.568. The lowest BCUT2D eigenvalue weighted by molar-refractivity contribution is -0.170. The Kier molecular flexibility index (Phi) is 5.41. The maximum absolute atomic E-state index is 12.3. The van der Waals surface area contributed by atoms with Gasteiger partial charge in [-0.2, -0.15) is 0 Å². The maximum Gasteiger partial charge on any atom is 0.370 e.